The lowest BCUT2D eigenvalue weighted by Crippen LogP contribution is -2.30. The quantitative estimate of drug-likeness (QED) is 0.862. The molecule has 0 aliphatic carbocycles. The van der Waals surface area contributed by atoms with Crippen LogP contribution in [0, 0.1) is 0 Å². The third kappa shape index (κ3) is 4.46. The molecular weight excluding hydrogens is 307 g/mol. The fraction of sp³-hybridized carbons (Fsp3) is 0.188. The molecule has 0 bridgehead atoms. The van der Waals surface area contributed by atoms with E-state index in [2.05, 4.69) is 10.6 Å². The van der Waals surface area contributed by atoms with Crippen LogP contribution in [0.4, 0.5) is 5.69 Å². The molecule has 0 unspecified atom stereocenters. The van der Waals surface area contributed by atoms with E-state index in [1.165, 1.54) is 0 Å². The van der Waals surface area contributed by atoms with E-state index in [9.17, 15) is 4.79 Å². The van der Waals surface area contributed by atoms with Gasteiger partial charge in [-0.05, 0) is 24.6 Å². The summed E-state index contributed by atoms with van der Waals surface area (Å²) in [7, 11) is 0. The van der Waals surface area contributed by atoms with Crippen LogP contribution >= 0.6 is 23.2 Å². The Hall–Kier alpha value is -1.55. The Morgan fingerprint density at radius 2 is 1.67 bits per heavy atom. The second-order valence-electron chi connectivity index (χ2n) is 4.66. The van der Waals surface area contributed by atoms with Crippen LogP contribution in [0.3, 0.4) is 0 Å². The van der Waals surface area contributed by atoms with Crippen LogP contribution in [0.5, 0.6) is 0 Å². The molecule has 0 aromatic heterocycles. The Bertz CT molecular complexity index is 597. The van der Waals surface area contributed by atoms with Gasteiger partial charge in [-0.1, -0.05) is 59.6 Å². The molecule has 0 heterocycles. The molecule has 0 radical (unpaired) electrons. The highest BCUT2D eigenvalue weighted by molar-refractivity contribution is 6.39. The van der Waals surface area contributed by atoms with E-state index >= 15 is 0 Å². The van der Waals surface area contributed by atoms with E-state index in [0.29, 0.717) is 15.7 Å². The van der Waals surface area contributed by atoms with Crippen LogP contribution in [0.25, 0.3) is 0 Å². The summed E-state index contributed by atoms with van der Waals surface area (Å²) >= 11 is 12.0. The highest BCUT2D eigenvalue weighted by Crippen LogP contribution is 2.29. The minimum atomic E-state index is -0.187. The highest BCUT2D eigenvalue weighted by atomic mass is 35.5. The van der Waals surface area contributed by atoms with Crippen molar-refractivity contribution in [3.63, 3.8) is 0 Å². The summed E-state index contributed by atoms with van der Waals surface area (Å²) in [5.74, 6) is -0.187. The number of halogens is 2. The molecule has 1 atom stereocenters. The van der Waals surface area contributed by atoms with Crippen molar-refractivity contribution in [3.05, 3.63) is 64.1 Å². The fourth-order valence-electron chi connectivity index (χ4n) is 1.91. The highest BCUT2D eigenvalue weighted by Gasteiger charge is 2.11. The third-order valence-corrected chi connectivity index (χ3v) is 3.73. The smallest absolute Gasteiger partial charge is 0.238 e. The molecule has 2 N–H and O–H groups in total. The Morgan fingerprint density at radius 3 is 2.29 bits per heavy atom. The van der Waals surface area contributed by atoms with Gasteiger partial charge in [-0.15, -0.1) is 0 Å². The van der Waals surface area contributed by atoms with Crippen LogP contribution < -0.4 is 10.6 Å². The Balaban J connectivity index is 1.91. The first-order valence-corrected chi connectivity index (χ1v) is 7.35. The van der Waals surface area contributed by atoms with Gasteiger partial charge in [0.25, 0.3) is 0 Å². The normalized spacial score (nSPS) is 12.0. The number of amides is 1. The maximum Gasteiger partial charge on any atom is 0.238 e. The van der Waals surface area contributed by atoms with Crippen LogP contribution in [0.1, 0.15) is 18.5 Å². The number of carbonyl (C=O) groups excluding carboxylic acids is 1. The topological polar surface area (TPSA) is 41.1 Å². The van der Waals surface area contributed by atoms with E-state index < -0.39 is 0 Å². The van der Waals surface area contributed by atoms with Crippen molar-refractivity contribution in [3.8, 4) is 0 Å². The first-order valence-electron chi connectivity index (χ1n) is 6.60. The first-order chi connectivity index (χ1) is 10.1. The number of hydrogen-bond donors (Lipinski definition) is 2. The molecule has 1 amide bonds. The van der Waals surface area contributed by atoms with Gasteiger partial charge < -0.3 is 10.6 Å². The molecule has 2 rings (SSSR count). The average molecular weight is 323 g/mol. The summed E-state index contributed by atoms with van der Waals surface area (Å²) in [5.41, 5.74) is 1.57. The average Bonchev–Trinajstić information content (AvgIpc) is 2.49. The zero-order valence-electron chi connectivity index (χ0n) is 11.6. The number of rotatable bonds is 5. The van der Waals surface area contributed by atoms with Crippen LogP contribution in [0.2, 0.25) is 10.0 Å². The standard InChI is InChI=1S/C16H16Cl2N2O/c1-11(12-6-3-2-4-7-12)19-10-15(21)20-16-13(17)8-5-9-14(16)18/h2-9,11,19H,10H2,1H3,(H,20,21)/t11-/m1/s1. The molecule has 0 spiro atoms. The molecule has 0 aliphatic heterocycles. The van der Waals surface area contributed by atoms with E-state index in [1.807, 2.05) is 37.3 Å². The summed E-state index contributed by atoms with van der Waals surface area (Å²) in [6, 6.07) is 15.1. The van der Waals surface area contributed by atoms with Gasteiger partial charge >= 0.3 is 0 Å². The van der Waals surface area contributed by atoms with Crippen LogP contribution in [0.15, 0.2) is 48.5 Å². The molecule has 0 fully saturated rings. The number of nitrogens with one attached hydrogen (secondary N) is 2. The Kier molecular flexibility index (Phi) is 5.62. The fourth-order valence-corrected chi connectivity index (χ4v) is 2.40. The van der Waals surface area contributed by atoms with Crippen LogP contribution in [-0.4, -0.2) is 12.5 Å². The molecule has 0 saturated heterocycles. The minimum Gasteiger partial charge on any atom is -0.322 e. The van der Waals surface area contributed by atoms with Gasteiger partial charge in [0, 0.05) is 6.04 Å². The molecule has 21 heavy (non-hydrogen) atoms. The van der Waals surface area contributed by atoms with Crippen molar-refractivity contribution in [2.24, 2.45) is 0 Å². The van der Waals surface area contributed by atoms with Crippen molar-refractivity contribution in [1.29, 1.82) is 0 Å². The maximum absolute atomic E-state index is 12.0. The minimum absolute atomic E-state index is 0.0821. The Labute approximate surface area is 134 Å². The summed E-state index contributed by atoms with van der Waals surface area (Å²) in [5, 5.41) is 6.73. The number of carbonyl (C=O) groups is 1. The lowest BCUT2D eigenvalue weighted by molar-refractivity contribution is -0.115. The second kappa shape index (κ2) is 7.46. The molecule has 2 aromatic carbocycles. The molecule has 3 nitrogen and oxygen atoms in total. The molecule has 5 heteroatoms. The summed E-state index contributed by atoms with van der Waals surface area (Å²) in [6.45, 7) is 2.18. The van der Waals surface area contributed by atoms with Crippen molar-refractivity contribution in [1.82, 2.24) is 5.32 Å². The number of hydrogen-bond acceptors (Lipinski definition) is 2. The van der Waals surface area contributed by atoms with E-state index in [4.69, 9.17) is 23.2 Å². The molecule has 0 saturated carbocycles. The van der Waals surface area contributed by atoms with Crippen molar-refractivity contribution >= 4 is 34.8 Å². The lowest BCUT2D eigenvalue weighted by Gasteiger charge is -2.14. The molecule has 2 aromatic rings. The zero-order chi connectivity index (χ0) is 15.2. The maximum atomic E-state index is 12.0. The summed E-state index contributed by atoms with van der Waals surface area (Å²) in [6.07, 6.45) is 0. The van der Waals surface area contributed by atoms with Gasteiger partial charge in [-0.25, -0.2) is 0 Å². The monoisotopic (exact) mass is 322 g/mol. The molecule has 110 valence electrons. The lowest BCUT2D eigenvalue weighted by atomic mass is 10.1. The second-order valence-corrected chi connectivity index (χ2v) is 5.47. The number of para-hydroxylation sites is 1. The Morgan fingerprint density at radius 1 is 1.05 bits per heavy atom. The predicted octanol–water partition coefficient (Wildman–Crippen LogP) is 4.28. The van der Waals surface area contributed by atoms with Gasteiger partial charge in [0.15, 0.2) is 0 Å². The van der Waals surface area contributed by atoms with Gasteiger partial charge in [-0.3, -0.25) is 4.79 Å². The predicted molar refractivity (Wildman–Crippen MR) is 88.0 cm³/mol. The van der Waals surface area contributed by atoms with Gasteiger partial charge in [0.1, 0.15) is 0 Å². The summed E-state index contributed by atoms with van der Waals surface area (Å²) < 4.78 is 0. The largest absolute Gasteiger partial charge is 0.322 e. The van der Waals surface area contributed by atoms with E-state index in [1.54, 1.807) is 18.2 Å². The van der Waals surface area contributed by atoms with Crippen molar-refractivity contribution < 1.29 is 4.79 Å². The van der Waals surface area contributed by atoms with Crippen molar-refractivity contribution in [2.75, 3.05) is 11.9 Å². The summed E-state index contributed by atoms with van der Waals surface area (Å²) in [4.78, 5) is 12.0. The first kappa shape index (κ1) is 15.8. The molecule has 0 aliphatic rings. The van der Waals surface area contributed by atoms with E-state index in [-0.39, 0.29) is 18.5 Å². The van der Waals surface area contributed by atoms with E-state index in [0.717, 1.165) is 5.56 Å². The number of benzene rings is 2. The SMILES string of the molecule is C[C@@H](NCC(=O)Nc1c(Cl)cccc1Cl)c1ccccc1. The van der Waals surface area contributed by atoms with Gasteiger partial charge in [0.2, 0.25) is 5.91 Å². The number of anilines is 1. The zero-order valence-corrected chi connectivity index (χ0v) is 13.1. The van der Waals surface area contributed by atoms with Gasteiger partial charge in [0.05, 0.1) is 22.3 Å². The van der Waals surface area contributed by atoms with Crippen LogP contribution in [-0.2, 0) is 4.79 Å². The van der Waals surface area contributed by atoms with Crippen molar-refractivity contribution in [2.45, 2.75) is 13.0 Å². The van der Waals surface area contributed by atoms with Gasteiger partial charge in [-0.2, -0.15) is 0 Å². The molecular formula is C16H16Cl2N2O. The third-order valence-electron chi connectivity index (χ3n) is 3.10.